The molecule has 1 saturated heterocycles. The third-order valence-corrected chi connectivity index (χ3v) is 3.39. The molecule has 0 unspecified atom stereocenters. The molecule has 1 fully saturated rings. The summed E-state index contributed by atoms with van der Waals surface area (Å²) in [6, 6.07) is 7.43. The number of amides is 1. The van der Waals surface area contributed by atoms with Crippen LogP contribution < -0.4 is 15.4 Å². The average molecular weight is 315 g/mol. The highest BCUT2D eigenvalue weighted by Gasteiger charge is 2.20. The molecule has 1 aromatic rings. The van der Waals surface area contributed by atoms with Crippen molar-refractivity contribution in [3.8, 4) is 5.75 Å². The lowest BCUT2D eigenvalue weighted by Crippen LogP contribution is -2.34. The van der Waals surface area contributed by atoms with Crippen molar-refractivity contribution in [3.05, 3.63) is 24.3 Å². The molecule has 6 heteroatoms. The SMILES string of the molecule is COCCOc1ccc(NC(=O)C2CCNCC2)cc1.Cl. The van der Waals surface area contributed by atoms with E-state index < -0.39 is 0 Å². The highest BCUT2D eigenvalue weighted by Crippen LogP contribution is 2.18. The quantitative estimate of drug-likeness (QED) is 0.789. The van der Waals surface area contributed by atoms with Crippen LogP contribution in [0.15, 0.2) is 24.3 Å². The molecule has 1 heterocycles. The van der Waals surface area contributed by atoms with E-state index >= 15 is 0 Å². The van der Waals surface area contributed by atoms with E-state index in [1.165, 1.54) is 0 Å². The summed E-state index contributed by atoms with van der Waals surface area (Å²) in [7, 11) is 1.64. The summed E-state index contributed by atoms with van der Waals surface area (Å²) < 4.78 is 10.4. The molecule has 2 rings (SSSR count). The zero-order valence-electron chi connectivity index (χ0n) is 12.3. The number of hydrogen-bond acceptors (Lipinski definition) is 4. The summed E-state index contributed by atoms with van der Waals surface area (Å²) >= 11 is 0. The lowest BCUT2D eigenvalue weighted by molar-refractivity contribution is -0.120. The van der Waals surface area contributed by atoms with Gasteiger partial charge in [-0.3, -0.25) is 4.79 Å². The van der Waals surface area contributed by atoms with Crippen LogP contribution in [0, 0.1) is 5.92 Å². The molecule has 0 aliphatic carbocycles. The molecular formula is C15H23ClN2O3. The van der Waals surface area contributed by atoms with Gasteiger partial charge in [-0.05, 0) is 50.2 Å². The van der Waals surface area contributed by atoms with Crippen molar-refractivity contribution in [1.29, 1.82) is 0 Å². The van der Waals surface area contributed by atoms with Crippen LogP contribution in [-0.2, 0) is 9.53 Å². The van der Waals surface area contributed by atoms with Crippen LogP contribution in [-0.4, -0.2) is 39.3 Å². The van der Waals surface area contributed by atoms with Crippen molar-refractivity contribution >= 4 is 24.0 Å². The Balaban J connectivity index is 0.00000220. The van der Waals surface area contributed by atoms with Crippen molar-refractivity contribution in [1.82, 2.24) is 5.32 Å². The van der Waals surface area contributed by atoms with Crippen molar-refractivity contribution < 1.29 is 14.3 Å². The Hall–Kier alpha value is -1.30. The Morgan fingerprint density at radius 3 is 2.52 bits per heavy atom. The van der Waals surface area contributed by atoms with Crippen molar-refractivity contribution in [2.75, 3.05) is 38.7 Å². The highest BCUT2D eigenvalue weighted by molar-refractivity contribution is 5.92. The van der Waals surface area contributed by atoms with Crippen molar-refractivity contribution in [2.24, 2.45) is 5.92 Å². The number of carbonyl (C=O) groups is 1. The predicted octanol–water partition coefficient (Wildman–Crippen LogP) is 2.07. The molecular weight excluding hydrogens is 292 g/mol. The Kier molecular flexibility index (Phi) is 8.12. The Bertz CT molecular complexity index is 419. The molecule has 0 bridgehead atoms. The first-order chi connectivity index (χ1) is 9.79. The molecule has 1 aliphatic rings. The molecule has 2 N–H and O–H groups in total. The van der Waals surface area contributed by atoms with Crippen LogP contribution in [0.1, 0.15) is 12.8 Å². The second-order valence-electron chi connectivity index (χ2n) is 4.88. The minimum Gasteiger partial charge on any atom is -0.491 e. The number of piperidine rings is 1. The van der Waals surface area contributed by atoms with E-state index in [0.717, 1.165) is 37.4 Å². The van der Waals surface area contributed by atoms with E-state index in [1.54, 1.807) is 7.11 Å². The first kappa shape index (κ1) is 17.8. The standard InChI is InChI=1S/C15H22N2O3.ClH/c1-19-10-11-20-14-4-2-13(3-5-14)17-15(18)12-6-8-16-9-7-12;/h2-5,12,16H,6-11H2,1H3,(H,17,18);1H. The van der Waals surface area contributed by atoms with Gasteiger partial charge in [0.2, 0.25) is 5.91 Å². The van der Waals surface area contributed by atoms with Gasteiger partial charge in [-0.2, -0.15) is 0 Å². The minimum atomic E-state index is 0. The molecule has 1 aliphatic heterocycles. The highest BCUT2D eigenvalue weighted by atomic mass is 35.5. The molecule has 5 nitrogen and oxygen atoms in total. The number of ether oxygens (including phenoxy) is 2. The average Bonchev–Trinajstić information content (AvgIpc) is 2.50. The van der Waals surface area contributed by atoms with Gasteiger partial charge in [0.1, 0.15) is 12.4 Å². The third kappa shape index (κ3) is 5.91. The van der Waals surface area contributed by atoms with Crippen LogP contribution in [0.4, 0.5) is 5.69 Å². The van der Waals surface area contributed by atoms with Crippen LogP contribution >= 0.6 is 12.4 Å². The van der Waals surface area contributed by atoms with E-state index in [9.17, 15) is 4.79 Å². The van der Waals surface area contributed by atoms with Crippen LogP contribution in [0.25, 0.3) is 0 Å². The lowest BCUT2D eigenvalue weighted by atomic mass is 9.97. The number of anilines is 1. The number of benzene rings is 1. The van der Waals surface area contributed by atoms with Gasteiger partial charge in [0.15, 0.2) is 0 Å². The second-order valence-corrected chi connectivity index (χ2v) is 4.88. The van der Waals surface area contributed by atoms with Gasteiger partial charge in [0.05, 0.1) is 6.61 Å². The maximum absolute atomic E-state index is 12.1. The summed E-state index contributed by atoms with van der Waals surface area (Å²) in [5, 5.41) is 6.22. The van der Waals surface area contributed by atoms with Crippen LogP contribution in [0.2, 0.25) is 0 Å². The number of halogens is 1. The Labute approximate surface area is 131 Å². The van der Waals surface area contributed by atoms with Crippen LogP contribution in [0.5, 0.6) is 5.75 Å². The van der Waals surface area contributed by atoms with Gasteiger partial charge < -0.3 is 20.1 Å². The first-order valence-electron chi connectivity index (χ1n) is 7.03. The van der Waals surface area contributed by atoms with E-state index in [1.807, 2.05) is 24.3 Å². The topological polar surface area (TPSA) is 59.6 Å². The largest absolute Gasteiger partial charge is 0.491 e. The molecule has 21 heavy (non-hydrogen) atoms. The Morgan fingerprint density at radius 1 is 1.24 bits per heavy atom. The summed E-state index contributed by atoms with van der Waals surface area (Å²) in [5.74, 6) is 1.01. The normalized spacial score (nSPS) is 15.1. The smallest absolute Gasteiger partial charge is 0.227 e. The predicted molar refractivity (Wildman–Crippen MR) is 85.3 cm³/mol. The summed E-state index contributed by atoms with van der Waals surface area (Å²) in [6.45, 7) is 2.93. The number of carbonyl (C=O) groups excluding carboxylic acids is 1. The fourth-order valence-electron chi connectivity index (χ4n) is 2.21. The van der Waals surface area contributed by atoms with Crippen molar-refractivity contribution in [2.45, 2.75) is 12.8 Å². The molecule has 1 aromatic carbocycles. The first-order valence-corrected chi connectivity index (χ1v) is 7.03. The maximum atomic E-state index is 12.1. The molecule has 0 radical (unpaired) electrons. The monoisotopic (exact) mass is 314 g/mol. The lowest BCUT2D eigenvalue weighted by Gasteiger charge is -2.21. The van der Waals surface area contributed by atoms with Gasteiger partial charge in [-0.15, -0.1) is 12.4 Å². The van der Waals surface area contributed by atoms with Gasteiger partial charge in [-0.1, -0.05) is 0 Å². The van der Waals surface area contributed by atoms with E-state index in [0.29, 0.717) is 13.2 Å². The molecule has 0 atom stereocenters. The summed E-state index contributed by atoms with van der Waals surface area (Å²) in [5.41, 5.74) is 0.813. The van der Waals surface area contributed by atoms with E-state index in [2.05, 4.69) is 10.6 Å². The van der Waals surface area contributed by atoms with E-state index in [4.69, 9.17) is 9.47 Å². The second kappa shape index (κ2) is 9.60. The fourth-order valence-corrected chi connectivity index (χ4v) is 2.21. The number of rotatable bonds is 6. The van der Waals surface area contributed by atoms with E-state index in [-0.39, 0.29) is 24.2 Å². The fraction of sp³-hybridized carbons (Fsp3) is 0.533. The number of hydrogen-bond donors (Lipinski definition) is 2. The molecule has 1 amide bonds. The zero-order valence-corrected chi connectivity index (χ0v) is 13.1. The molecule has 118 valence electrons. The minimum absolute atomic E-state index is 0. The molecule has 0 aromatic heterocycles. The van der Waals surface area contributed by atoms with Gasteiger partial charge in [-0.25, -0.2) is 0 Å². The number of methoxy groups -OCH3 is 1. The summed E-state index contributed by atoms with van der Waals surface area (Å²) in [6.07, 6.45) is 1.81. The Morgan fingerprint density at radius 2 is 1.90 bits per heavy atom. The van der Waals surface area contributed by atoms with Gasteiger partial charge in [0, 0.05) is 18.7 Å². The molecule has 0 spiro atoms. The summed E-state index contributed by atoms with van der Waals surface area (Å²) in [4.78, 5) is 12.1. The van der Waals surface area contributed by atoms with Gasteiger partial charge >= 0.3 is 0 Å². The van der Waals surface area contributed by atoms with Gasteiger partial charge in [0.25, 0.3) is 0 Å². The molecule has 0 saturated carbocycles. The zero-order chi connectivity index (χ0) is 14.2. The van der Waals surface area contributed by atoms with Crippen LogP contribution in [0.3, 0.4) is 0 Å². The van der Waals surface area contributed by atoms with Crippen molar-refractivity contribution in [3.63, 3.8) is 0 Å². The maximum Gasteiger partial charge on any atom is 0.227 e. The number of nitrogens with one attached hydrogen (secondary N) is 2. The third-order valence-electron chi connectivity index (χ3n) is 3.39.